The molecule has 0 fully saturated rings. The van der Waals surface area contributed by atoms with E-state index in [9.17, 15) is 26.3 Å². The molecule has 0 aromatic heterocycles. The van der Waals surface area contributed by atoms with Gasteiger partial charge in [-0.2, -0.15) is 0 Å². The Kier molecular flexibility index (Phi) is 5.39. The minimum absolute atomic E-state index is 0.655. The maximum Gasteiger partial charge on any atom is 0.285 e. The fourth-order valence-electron chi connectivity index (χ4n) is 1.73. The minimum atomic E-state index is -4.08. The first-order chi connectivity index (χ1) is 8.09. The van der Waals surface area contributed by atoms with Gasteiger partial charge in [-0.05, 0) is 40.0 Å². The molecule has 1 nitrogen and oxygen atoms in total. The van der Waals surface area contributed by atoms with Crippen molar-refractivity contribution in [2.75, 3.05) is 0 Å². The van der Waals surface area contributed by atoms with Gasteiger partial charge in [-0.15, -0.1) is 0 Å². The topological polar surface area (TPSA) is 9.23 Å². The minimum Gasteiger partial charge on any atom is -0.447 e. The third-order valence-corrected chi connectivity index (χ3v) is 11.2. The first-order valence-corrected chi connectivity index (χ1v) is 11.6. The van der Waals surface area contributed by atoms with E-state index in [0.717, 1.165) is 26.2 Å². The van der Waals surface area contributed by atoms with Crippen LogP contribution in [0.15, 0.2) is 0 Å². The quantitative estimate of drug-likeness (QED) is 0.516. The maximum atomic E-state index is 13.7. The van der Waals surface area contributed by atoms with E-state index < -0.39 is 40.1 Å². The van der Waals surface area contributed by atoms with Crippen LogP contribution in [-0.2, 0) is 4.12 Å². The van der Waals surface area contributed by atoms with Gasteiger partial charge in [-0.1, -0.05) is 0 Å². The van der Waals surface area contributed by atoms with Gasteiger partial charge in [-0.3, -0.25) is 0 Å². The molecule has 9 heteroatoms. The molecular weight excluding hydrogens is 306 g/mol. The summed E-state index contributed by atoms with van der Waals surface area (Å²) >= 11 is 0. The van der Waals surface area contributed by atoms with E-state index in [-0.39, 0.29) is 0 Å². The predicted octanol–water partition coefficient (Wildman–Crippen LogP) is 4.48. The van der Waals surface area contributed by atoms with Gasteiger partial charge in [0.25, 0.3) is 27.7 Å². The van der Waals surface area contributed by atoms with E-state index in [2.05, 4.69) is 0 Å². The molecule has 0 aliphatic heterocycles. The highest BCUT2D eigenvalue weighted by atomic mass is 28.4. The van der Waals surface area contributed by atoms with E-state index in [0.29, 0.717) is 13.8 Å². The molecule has 0 aliphatic carbocycles. The Morgan fingerprint density at radius 1 is 0.737 bits per heavy atom. The second kappa shape index (κ2) is 5.40. The van der Waals surface area contributed by atoms with E-state index in [4.69, 9.17) is 4.12 Å². The van der Waals surface area contributed by atoms with Gasteiger partial charge >= 0.3 is 0 Å². The SMILES string of the molecule is CC(F)C(F)(F)[Si](C)(C)O[Si](C)(C)C(F)(F)C(C)F. The lowest BCUT2D eigenvalue weighted by molar-refractivity contribution is -0.0225. The monoisotopic (exact) mass is 326 g/mol. The lowest BCUT2D eigenvalue weighted by atomic mass is 10.5. The van der Waals surface area contributed by atoms with Crippen LogP contribution in [0, 0.1) is 0 Å². The average molecular weight is 326 g/mol. The molecule has 0 bridgehead atoms. The van der Waals surface area contributed by atoms with Crippen molar-refractivity contribution in [2.24, 2.45) is 0 Å². The molecule has 0 saturated heterocycles. The van der Waals surface area contributed by atoms with Crippen LogP contribution in [0.3, 0.4) is 0 Å². The highest BCUT2D eigenvalue weighted by molar-refractivity contribution is 6.87. The summed E-state index contributed by atoms with van der Waals surface area (Å²) in [6.07, 6.45) is -5.01. The highest BCUT2D eigenvalue weighted by Gasteiger charge is 2.63. The molecule has 0 aliphatic rings. The maximum absolute atomic E-state index is 13.7. The first kappa shape index (κ1) is 19.0. The van der Waals surface area contributed by atoms with E-state index >= 15 is 0 Å². The van der Waals surface area contributed by atoms with Crippen LogP contribution in [0.5, 0.6) is 0 Å². The van der Waals surface area contributed by atoms with Crippen LogP contribution >= 0.6 is 0 Å². The molecule has 116 valence electrons. The van der Waals surface area contributed by atoms with Crippen LogP contribution in [0.1, 0.15) is 13.8 Å². The van der Waals surface area contributed by atoms with Crippen molar-refractivity contribution in [3.8, 4) is 0 Å². The van der Waals surface area contributed by atoms with Crippen LogP contribution < -0.4 is 0 Å². The number of hydrogen-bond donors (Lipinski definition) is 0. The smallest absolute Gasteiger partial charge is 0.285 e. The Balaban J connectivity index is 5.34. The van der Waals surface area contributed by atoms with Gasteiger partial charge in [0, 0.05) is 0 Å². The predicted molar refractivity (Wildman–Crippen MR) is 67.1 cm³/mol. The number of alkyl halides is 6. The Labute approximate surface area is 111 Å². The summed E-state index contributed by atoms with van der Waals surface area (Å²) in [5.41, 5.74) is -7.63. The summed E-state index contributed by atoms with van der Waals surface area (Å²) in [4.78, 5) is 0. The van der Waals surface area contributed by atoms with Gasteiger partial charge in [-0.25, -0.2) is 26.3 Å². The summed E-state index contributed by atoms with van der Waals surface area (Å²) in [6.45, 7) is 5.19. The zero-order chi connectivity index (χ0) is 15.9. The normalized spacial score (nSPS) is 18.3. The van der Waals surface area contributed by atoms with Crippen molar-refractivity contribution in [3.63, 3.8) is 0 Å². The third kappa shape index (κ3) is 3.54. The standard InChI is InChI=1S/C10H20F6OSi2/c1-7(11)9(13,14)18(3,4)17-19(5,6)10(15,16)8(2)12/h7-8H,1-6H3. The third-order valence-electron chi connectivity index (χ3n) is 3.11. The molecule has 0 N–H and O–H groups in total. The summed E-state index contributed by atoms with van der Waals surface area (Å²) in [7, 11) is -8.16. The van der Waals surface area contributed by atoms with Gasteiger partial charge in [0.1, 0.15) is 0 Å². The van der Waals surface area contributed by atoms with Crippen LogP contribution in [0.4, 0.5) is 26.3 Å². The van der Waals surface area contributed by atoms with Crippen molar-refractivity contribution in [2.45, 2.75) is 63.5 Å². The van der Waals surface area contributed by atoms with E-state index in [1.807, 2.05) is 0 Å². The molecule has 0 amide bonds. The lowest BCUT2D eigenvalue weighted by Crippen LogP contribution is -2.66. The Morgan fingerprint density at radius 3 is 1.11 bits per heavy atom. The van der Waals surface area contributed by atoms with Crippen molar-refractivity contribution in [1.29, 1.82) is 0 Å². The molecule has 0 aromatic rings. The van der Waals surface area contributed by atoms with Gasteiger partial charge < -0.3 is 4.12 Å². The van der Waals surface area contributed by atoms with Gasteiger partial charge in [0.05, 0.1) is 0 Å². The van der Waals surface area contributed by atoms with Gasteiger partial charge in [0.2, 0.25) is 0 Å². The Hall–Kier alpha value is -0.0262. The number of halogens is 6. The molecule has 19 heavy (non-hydrogen) atoms. The molecule has 2 unspecified atom stereocenters. The van der Waals surface area contributed by atoms with E-state index in [1.165, 1.54) is 0 Å². The number of rotatable bonds is 6. The molecule has 2 atom stereocenters. The zero-order valence-electron chi connectivity index (χ0n) is 11.8. The largest absolute Gasteiger partial charge is 0.447 e. The molecule has 0 radical (unpaired) electrons. The number of hydrogen-bond acceptors (Lipinski definition) is 1. The fraction of sp³-hybridized carbons (Fsp3) is 1.00. The average Bonchev–Trinajstić information content (AvgIpc) is 2.14. The second-order valence-corrected chi connectivity index (χ2v) is 13.8. The van der Waals surface area contributed by atoms with Crippen molar-refractivity contribution >= 4 is 16.6 Å². The van der Waals surface area contributed by atoms with Crippen molar-refractivity contribution in [1.82, 2.24) is 0 Å². The van der Waals surface area contributed by atoms with E-state index in [1.54, 1.807) is 0 Å². The molecular formula is C10H20F6OSi2. The van der Waals surface area contributed by atoms with Crippen LogP contribution in [-0.4, -0.2) is 40.1 Å². The van der Waals surface area contributed by atoms with Crippen molar-refractivity contribution < 1.29 is 30.5 Å². The van der Waals surface area contributed by atoms with Crippen molar-refractivity contribution in [3.05, 3.63) is 0 Å². The zero-order valence-corrected chi connectivity index (χ0v) is 13.8. The molecule has 0 heterocycles. The molecule has 0 aromatic carbocycles. The summed E-state index contributed by atoms with van der Waals surface area (Å²) in [5, 5.41) is 0. The summed E-state index contributed by atoms with van der Waals surface area (Å²) < 4.78 is 85.7. The summed E-state index contributed by atoms with van der Waals surface area (Å²) in [6, 6.07) is 0. The Morgan fingerprint density at radius 2 is 0.947 bits per heavy atom. The molecule has 0 spiro atoms. The Bertz CT molecular complexity index is 287. The van der Waals surface area contributed by atoms with Gasteiger partial charge in [0.15, 0.2) is 12.3 Å². The van der Waals surface area contributed by atoms with Crippen LogP contribution in [0.2, 0.25) is 26.2 Å². The highest BCUT2D eigenvalue weighted by Crippen LogP contribution is 2.40. The first-order valence-electron chi connectivity index (χ1n) is 5.83. The molecule has 0 saturated carbocycles. The lowest BCUT2D eigenvalue weighted by Gasteiger charge is -2.42. The fourth-order valence-corrected chi connectivity index (χ4v) is 9.84. The second-order valence-electron chi connectivity index (χ2n) is 5.60. The molecule has 0 rings (SSSR count). The van der Waals surface area contributed by atoms with Crippen LogP contribution in [0.25, 0.3) is 0 Å². The summed E-state index contributed by atoms with van der Waals surface area (Å²) in [5.74, 6) is 0.